The summed E-state index contributed by atoms with van der Waals surface area (Å²) in [7, 11) is 0. The molecule has 0 radical (unpaired) electrons. The third-order valence-corrected chi connectivity index (χ3v) is 5.21. The van der Waals surface area contributed by atoms with Gasteiger partial charge in [-0.3, -0.25) is 0 Å². The summed E-state index contributed by atoms with van der Waals surface area (Å²) in [6, 6.07) is 1.19. The van der Waals surface area contributed by atoms with Crippen molar-refractivity contribution in [1.82, 2.24) is 5.32 Å². The van der Waals surface area contributed by atoms with Gasteiger partial charge in [0.2, 0.25) is 0 Å². The van der Waals surface area contributed by atoms with Gasteiger partial charge in [0.05, 0.1) is 0 Å². The van der Waals surface area contributed by atoms with Crippen LogP contribution in [0.4, 0.5) is 0 Å². The maximum Gasteiger partial charge on any atom is 0.0124 e. The topological polar surface area (TPSA) is 38.0 Å². The largest absolute Gasteiger partial charge is 0.328 e. The zero-order valence-corrected chi connectivity index (χ0v) is 10.5. The van der Waals surface area contributed by atoms with E-state index in [9.17, 15) is 0 Å². The standard InChI is InChI=1S/C14H26N2/c1-9(15)2-3-16-14-12-5-10-4-11(7-12)8-13(14)6-10/h9-14,16H,2-8,15H2,1H3. The van der Waals surface area contributed by atoms with E-state index >= 15 is 0 Å². The van der Waals surface area contributed by atoms with Gasteiger partial charge in [-0.05, 0) is 75.7 Å². The SMILES string of the molecule is CC(N)CCNC1C2CC3CC(C2)CC1C3. The number of nitrogens with one attached hydrogen (secondary N) is 1. The minimum absolute atomic E-state index is 0.351. The Hall–Kier alpha value is -0.0800. The van der Waals surface area contributed by atoms with Gasteiger partial charge >= 0.3 is 0 Å². The molecule has 2 nitrogen and oxygen atoms in total. The van der Waals surface area contributed by atoms with Crippen LogP contribution in [-0.2, 0) is 0 Å². The van der Waals surface area contributed by atoms with Crippen LogP contribution in [0.25, 0.3) is 0 Å². The van der Waals surface area contributed by atoms with Crippen molar-refractivity contribution in [1.29, 1.82) is 0 Å². The van der Waals surface area contributed by atoms with E-state index in [1.807, 2.05) is 0 Å². The van der Waals surface area contributed by atoms with Gasteiger partial charge in [-0.1, -0.05) is 0 Å². The van der Waals surface area contributed by atoms with Crippen molar-refractivity contribution < 1.29 is 0 Å². The van der Waals surface area contributed by atoms with Crippen molar-refractivity contribution in [2.45, 2.75) is 57.5 Å². The quantitative estimate of drug-likeness (QED) is 0.765. The maximum atomic E-state index is 5.81. The van der Waals surface area contributed by atoms with E-state index in [1.165, 1.54) is 25.7 Å². The van der Waals surface area contributed by atoms with Gasteiger partial charge in [-0.15, -0.1) is 0 Å². The van der Waals surface area contributed by atoms with Crippen LogP contribution in [0.2, 0.25) is 0 Å². The highest BCUT2D eigenvalue weighted by molar-refractivity contribution is 5.01. The Morgan fingerprint density at radius 2 is 1.62 bits per heavy atom. The Bertz CT molecular complexity index is 221. The molecule has 92 valence electrons. The monoisotopic (exact) mass is 222 g/mol. The van der Waals surface area contributed by atoms with Crippen molar-refractivity contribution in [3.8, 4) is 0 Å². The fraction of sp³-hybridized carbons (Fsp3) is 1.00. The lowest BCUT2D eigenvalue weighted by Gasteiger charge is -2.54. The van der Waals surface area contributed by atoms with E-state index in [-0.39, 0.29) is 0 Å². The minimum Gasteiger partial charge on any atom is -0.328 e. The first-order chi connectivity index (χ1) is 7.72. The minimum atomic E-state index is 0.351. The second-order valence-corrected chi connectivity index (χ2v) is 6.68. The fourth-order valence-electron chi connectivity index (χ4n) is 4.74. The molecule has 0 aromatic rings. The second kappa shape index (κ2) is 4.30. The van der Waals surface area contributed by atoms with Gasteiger partial charge in [-0.25, -0.2) is 0 Å². The van der Waals surface area contributed by atoms with Gasteiger partial charge in [0.25, 0.3) is 0 Å². The first kappa shape index (κ1) is 11.0. The molecule has 0 saturated heterocycles. The number of rotatable bonds is 4. The van der Waals surface area contributed by atoms with Crippen LogP contribution in [0.5, 0.6) is 0 Å². The average Bonchev–Trinajstić information content (AvgIpc) is 2.20. The summed E-state index contributed by atoms with van der Waals surface area (Å²) in [5.41, 5.74) is 5.81. The van der Waals surface area contributed by atoms with Gasteiger partial charge in [0.1, 0.15) is 0 Å². The third kappa shape index (κ3) is 2.02. The molecule has 0 aliphatic heterocycles. The van der Waals surface area contributed by atoms with Crippen molar-refractivity contribution in [2.75, 3.05) is 6.54 Å². The van der Waals surface area contributed by atoms with E-state index in [0.717, 1.165) is 42.7 Å². The van der Waals surface area contributed by atoms with E-state index < -0.39 is 0 Å². The first-order valence-corrected chi connectivity index (χ1v) is 7.21. The van der Waals surface area contributed by atoms with Crippen LogP contribution in [0.3, 0.4) is 0 Å². The summed E-state index contributed by atoms with van der Waals surface area (Å²) in [4.78, 5) is 0. The Balaban J connectivity index is 1.55. The first-order valence-electron chi connectivity index (χ1n) is 7.21. The summed E-state index contributed by atoms with van der Waals surface area (Å²) in [5.74, 6) is 4.19. The molecule has 1 atom stereocenters. The van der Waals surface area contributed by atoms with Crippen LogP contribution < -0.4 is 11.1 Å². The smallest absolute Gasteiger partial charge is 0.0124 e. The Morgan fingerprint density at radius 3 is 2.12 bits per heavy atom. The molecule has 4 bridgehead atoms. The molecule has 0 heterocycles. The molecule has 4 aliphatic carbocycles. The highest BCUT2D eigenvalue weighted by Gasteiger charge is 2.47. The molecule has 4 rings (SSSR count). The lowest BCUT2D eigenvalue weighted by atomic mass is 9.54. The molecular formula is C14H26N2. The predicted octanol–water partition coefficient (Wildman–Crippen LogP) is 2.14. The summed E-state index contributed by atoms with van der Waals surface area (Å²) in [6.07, 6.45) is 8.75. The molecule has 2 heteroatoms. The summed E-state index contributed by atoms with van der Waals surface area (Å²) < 4.78 is 0. The lowest BCUT2D eigenvalue weighted by molar-refractivity contribution is -0.0136. The molecule has 0 spiro atoms. The Labute approximate surface area is 99.4 Å². The van der Waals surface area contributed by atoms with Crippen LogP contribution >= 0.6 is 0 Å². The lowest BCUT2D eigenvalue weighted by Crippen LogP contribution is -2.54. The molecule has 0 aromatic carbocycles. The number of hydrogen-bond donors (Lipinski definition) is 2. The predicted molar refractivity (Wildman–Crippen MR) is 67.1 cm³/mol. The van der Waals surface area contributed by atoms with Gasteiger partial charge < -0.3 is 11.1 Å². The van der Waals surface area contributed by atoms with Crippen molar-refractivity contribution >= 4 is 0 Å². The Morgan fingerprint density at radius 1 is 1.06 bits per heavy atom. The highest BCUT2D eigenvalue weighted by atomic mass is 14.9. The van der Waals surface area contributed by atoms with Crippen molar-refractivity contribution in [3.05, 3.63) is 0 Å². The fourth-order valence-corrected chi connectivity index (χ4v) is 4.74. The number of hydrogen-bond acceptors (Lipinski definition) is 2. The molecule has 0 amide bonds. The summed E-state index contributed by atoms with van der Waals surface area (Å²) >= 11 is 0. The zero-order chi connectivity index (χ0) is 11.1. The van der Waals surface area contributed by atoms with Crippen molar-refractivity contribution in [3.63, 3.8) is 0 Å². The van der Waals surface area contributed by atoms with Crippen LogP contribution in [0, 0.1) is 23.7 Å². The zero-order valence-electron chi connectivity index (χ0n) is 10.5. The van der Waals surface area contributed by atoms with Gasteiger partial charge in [-0.2, -0.15) is 0 Å². The van der Waals surface area contributed by atoms with Crippen LogP contribution in [-0.4, -0.2) is 18.6 Å². The molecule has 4 saturated carbocycles. The molecule has 1 unspecified atom stereocenters. The molecule has 0 aromatic heterocycles. The third-order valence-electron chi connectivity index (χ3n) is 5.21. The highest BCUT2D eigenvalue weighted by Crippen LogP contribution is 2.53. The van der Waals surface area contributed by atoms with Crippen LogP contribution in [0.15, 0.2) is 0 Å². The number of nitrogens with two attached hydrogens (primary N) is 1. The van der Waals surface area contributed by atoms with E-state index in [1.54, 1.807) is 6.42 Å². The molecule has 4 aliphatic rings. The van der Waals surface area contributed by atoms with E-state index in [4.69, 9.17) is 5.73 Å². The molecule has 3 N–H and O–H groups in total. The van der Waals surface area contributed by atoms with Crippen LogP contribution in [0.1, 0.15) is 45.4 Å². The van der Waals surface area contributed by atoms with Gasteiger partial charge in [0, 0.05) is 12.1 Å². The summed E-state index contributed by atoms with van der Waals surface area (Å²) in [6.45, 7) is 3.24. The molecule has 16 heavy (non-hydrogen) atoms. The normalized spacial score (nSPS) is 47.2. The van der Waals surface area contributed by atoms with Crippen molar-refractivity contribution in [2.24, 2.45) is 29.4 Å². The summed E-state index contributed by atoms with van der Waals surface area (Å²) in [5, 5.41) is 3.82. The Kier molecular flexibility index (Phi) is 2.97. The average molecular weight is 222 g/mol. The van der Waals surface area contributed by atoms with E-state index in [0.29, 0.717) is 6.04 Å². The van der Waals surface area contributed by atoms with Gasteiger partial charge in [0.15, 0.2) is 0 Å². The second-order valence-electron chi connectivity index (χ2n) is 6.68. The van der Waals surface area contributed by atoms with E-state index in [2.05, 4.69) is 12.2 Å². The molecule has 4 fully saturated rings. The molecular weight excluding hydrogens is 196 g/mol. The maximum absolute atomic E-state index is 5.81.